The Morgan fingerprint density at radius 3 is 2.69 bits per heavy atom. The summed E-state index contributed by atoms with van der Waals surface area (Å²) in [6.07, 6.45) is 4.84. The maximum Gasteiger partial charge on any atom is 0.225 e. The number of hydrogen-bond donors (Lipinski definition) is 1. The number of nitrogens with zero attached hydrogens (tertiary/aromatic N) is 1. The molecule has 1 amide bonds. The second kappa shape index (κ2) is 6.89. The van der Waals surface area contributed by atoms with Crippen molar-refractivity contribution in [2.24, 2.45) is 5.92 Å². The van der Waals surface area contributed by atoms with E-state index < -0.39 is 0 Å². The van der Waals surface area contributed by atoms with E-state index in [2.05, 4.69) is 12.2 Å². The number of amides is 1. The highest BCUT2D eigenvalue weighted by atomic mass is 16.2. The van der Waals surface area contributed by atoms with Crippen molar-refractivity contribution >= 4 is 5.91 Å². The molecule has 1 saturated heterocycles. The molecule has 0 aromatic heterocycles. The largest absolute Gasteiger partial charge is 0.341 e. The van der Waals surface area contributed by atoms with E-state index >= 15 is 0 Å². The lowest BCUT2D eigenvalue weighted by Crippen LogP contribution is -2.47. The minimum absolute atomic E-state index is 0.121. The first-order valence-electron chi connectivity index (χ1n) is 6.67. The summed E-state index contributed by atoms with van der Waals surface area (Å²) in [5, 5.41) is 3.51. The van der Waals surface area contributed by atoms with Crippen molar-refractivity contribution in [2.75, 3.05) is 19.6 Å². The Bertz CT molecular complexity index is 210. The third-order valence-electron chi connectivity index (χ3n) is 3.15. The fraction of sp³-hybridized carbons (Fsp3) is 0.923. The number of hydrogen-bond acceptors (Lipinski definition) is 2. The average molecular weight is 226 g/mol. The number of carbonyl (C=O) groups excluding carboxylic acids is 1. The lowest BCUT2D eigenvalue weighted by Gasteiger charge is -2.31. The normalized spacial score (nSPS) is 21.1. The van der Waals surface area contributed by atoms with Gasteiger partial charge in [0.15, 0.2) is 0 Å². The van der Waals surface area contributed by atoms with Crippen molar-refractivity contribution < 1.29 is 4.79 Å². The Morgan fingerprint density at radius 2 is 2.19 bits per heavy atom. The van der Waals surface area contributed by atoms with Crippen LogP contribution in [0.1, 0.15) is 46.5 Å². The van der Waals surface area contributed by atoms with Gasteiger partial charge in [0.05, 0.1) is 0 Å². The fourth-order valence-corrected chi connectivity index (χ4v) is 2.27. The molecule has 0 saturated carbocycles. The quantitative estimate of drug-likeness (QED) is 0.778. The Kier molecular flexibility index (Phi) is 5.81. The fourth-order valence-electron chi connectivity index (χ4n) is 2.27. The molecule has 0 spiro atoms. The molecule has 94 valence electrons. The molecule has 1 fully saturated rings. The molecule has 1 atom stereocenters. The molecule has 1 aliphatic rings. The highest BCUT2D eigenvalue weighted by molar-refractivity contribution is 5.78. The molecule has 1 heterocycles. The van der Waals surface area contributed by atoms with Crippen LogP contribution in [0.25, 0.3) is 0 Å². The summed E-state index contributed by atoms with van der Waals surface area (Å²) >= 11 is 0. The zero-order valence-electron chi connectivity index (χ0n) is 11.0. The van der Waals surface area contributed by atoms with E-state index in [1.54, 1.807) is 0 Å². The standard InChI is InChI=1S/C13H26N2O/c1-4-9-15(13(16)11(2)3)10-12-7-5-6-8-14-12/h11-12,14H,4-10H2,1-3H3. The SMILES string of the molecule is CCCN(CC1CCCCN1)C(=O)C(C)C. The van der Waals surface area contributed by atoms with Gasteiger partial charge in [0.2, 0.25) is 5.91 Å². The molecule has 0 radical (unpaired) electrons. The summed E-state index contributed by atoms with van der Waals surface area (Å²) in [6.45, 7) is 9.01. The van der Waals surface area contributed by atoms with E-state index in [4.69, 9.17) is 0 Å². The monoisotopic (exact) mass is 226 g/mol. The molecule has 0 bridgehead atoms. The molecule has 16 heavy (non-hydrogen) atoms. The first kappa shape index (κ1) is 13.5. The van der Waals surface area contributed by atoms with Crippen molar-refractivity contribution in [3.63, 3.8) is 0 Å². The molecule has 1 aliphatic heterocycles. The molecular formula is C13H26N2O. The predicted octanol–water partition coefficient (Wildman–Crippen LogP) is 2.02. The molecular weight excluding hydrogens is 200 g/mol. The Labute approximate surface area is 99.6 Å². The van der Waals surface area contributed by atoms with Crippen LogP contribution in [0.2, 0.25) is 0 Å². The van der Waals surface area contributed by atoms with Crippen LogP contribution >= 0.6 is 0 Å². The van der Waals surface area contributed by atoms with Gasteiger partial charge in [-0.3, -0.25) is 4.79 Å². The van der Waals surface area contributed by atoms with Crippen LogP contribution < -0.4 is 5.32 Å². The van der Waals surface area contributed by atoms with Gasteiger partial charge in [0, 0.05) is 25.0 Å². The summed E-state index contributed by atoms with van der Waals surface area (Å²) < 4.78 is 0. The van der Waals surface area contributed by atoms with Crippen LogP contribution in [-0.4, -0.2) is 36.5 Å². The highest BCUT2D eigenvalue weighted by Gasteiger charge is 2.21. The second-order valence-corrected chi connectivity index (χ2v) is 5.09. The summed E-state index contributed by atoms with van der Waals surface area (Å²) in [5.41, 5.74) is 0. The molecule has 1 unspecified atom stereocenters. The zero-order chi connectivity index (χ0) is 12.0. The van der Waals surface area contributed by atoms with Gasteiger partial charge in [-0.05, 0) is 25.8 Å². The van der Waals surface area contributed by atoms with Gasteiger partial charge >= 0.3 is 0 Å². The lowest BCUT2D eigenvalue weighted by atomic mass is 10.0. The van der Waals surface area contributed by atoms with Gasteiger partial charge in [0.25, 0.3) is 0 Å². The van der Waals surface area contributed by atoms with Gasteiger partial charge in [-0.15, -0.1) is 0 Å². The van der Waals surface area contributed by atoms with Gasteiger partial charge in [-0.1, -0.05) is 27.2 Å². The third kappa shape index (κ3) is 4.12. The van der Waals surface area contributed by atoms with E-state index in [0.29, 0.717) is 11.9 Å². The maximum atomic E-state index is 12.0. The van der Waals surface area contributed by atoms with Crippen molar-refractivity contribution in [1.82, 2.24) is 10.2 Å². The molecule has 0 aliphatic carbocycles. The zero-order valence-corrected chi connectivity index (χ0v) is 11.0. The van der Waals surface area contributed by atoms with Gasteiger partial charge in [-0.2, -0.15) is 0 Å². The average Bonchev–Trinajstić information content (AvgIpc) is 2.29. The lowest BCUT2D eigenvalue weighted by molar-refractivity contribution is -0.134. The van der Waals surface area contributed by atoms with E-state index in [1.165, 1.54) is 19.3 Å². The van der Waals surface area contributed by atoms with Crippen LogP contribution in [0.3, 0.4) is 0 Å². The van der Waals surface area contributed by atoms with Crippen molar-refractivity contribution in [3.8, 4) is 0 Å². The third-order valence-corrected chi connectivity index (χ3v) is 3.15. The van der Waals surface area contributed by atoms with E-state index in [9.17, 15) is 4.79 Å². The maximum absolute atomic E-state index is 12.0. The molecule has 3 heteroatoms. The Hall–Kier alpha value is -0.570. The van der Waals surface area contributed by atoms with Crippen LogP contribution in [0.15, 0.2) is 0 Å². The second-order valence-electron chi connectivity index (χ2n) is 5.09. The van der Waals surface area contributed by atoms with E-state index in [-0.39, 0.29) is 5.92 Å². The van der Waals surface area contributed by atoms with Crippen molar-refractivity contribution in [1.29, 1.82) is 0 Å². The predicted molar refractivity (Wildman–Crippen MR) is 67.4 cm³/mol. The molecule has 1 N–H and O–H groups in total. The van der Waals surface area contributed by atoms with Gasteiger partial charge < -0.3 is 10.2 Å². The van der Waals surface area contributed by atoms with Crippen LogP contribution in [0.5, 0.6) is 0 Å². The van der Waals surface area contributed by atoms with E-state index in [1.807, 2.05) is 18.7 Å². The number of rotatable bonds is 5. The number of carbonyl (C=O) groups is 1. The molecule has 1 rings (SSSR count). The highest BCUT2D eigenvalue weighted by Crippen LogP contribution is 2.11. The Balaban J connectivity index is 2.45. The summed E-state index contributed by atoms with van der Waals surface area (Å²) in [6, 6.07) is 0.517. The summed E-state index contributed by atoms with van der Waals surface area (Å²) in [4.78, 5) is 14.0. The smallest absolute Gasteiger partial charge is 0.225 e. The summed E-state index contributed by atoms with van der Waals surface area (Å²) in [7, 11) is 0. The van der Waals surface area contributed by atoms with Crippen LogP contribution in [0.4, 0.5) is 0 Å². The van der Waals surface area contributed by atoms with Gasteiger partial charge in [0.1, 0.15) is 0 Å². The molecule has 3 nitrogen and oxygen atoms in total. The molecule has 0 aromatic carbocycles. The van der Waals surface area contributed by atoms with Crippen LogP contribution in [0, 0.1) is 5.92 Å². The first-order chi connectivity index (χ1) is 7.65. The van der Waals surface area contributed by atoms with Crippen molar-refractivity contribution in [2.45, 2.75) is 52.5 Å². The topological polar surface area (TPSA) is 32.3 Å². The Morgan fingerprint density at radius 1 is 1.44 bits per heavy atom. The summed E-state index contributed by atoms with van der Waals surface area (Å²) in [5.74, 6) is 0.421. The minimum Gasteiger partial charge on any atom is -0.341 e. The van der Waals surface area contributed by atoms with Crippen molar-refractivity contribution in [3.05, 3.63) is 0 Å². The number of piperidine rings is 1. The minimum atomic E-state index is 0.121. The van der Waals surface area contributed by atoms with Crippen LogP contribution in [-0.2, 0) is 4.79 Å². The van der Waals surface area contributed by atoms with Gasteiger partial charge in [-0.25, -0.2) is 0 Å². The first-order valence-corrected chi connectivity index (χ1v) is 6.67. The molecule has 0 aromatic rings. The van der Waals surface area contributed by atoms with E-state index in [0.717, 1.165) is 26.1 Å². The number of nitrogens with one attached hydrogen (secondary N) is 1.